The quantitative estimate of drug-likeness (QED) is 0.0694. The van der Waals surface area contributed by atoms with Gasteiger partial charge in [-0.05, 0) is 146 Å². The number of hydrogen-bond donors (Lipinski definition) is 0. The Morgan fingerprint density at radius 1 is 0.403 bits per heavy atom. The number of ether oxygens (including phenoxy) is 2. The molecular formula is C66H46N4O2. The van der Waals surface area contributed by atoms with E-state index < -0.39 is 0 Å². The fourth-order valence-electron chi connectivity index (χ4n) is 9.67. The highest BCUT2D eigenvalue weighted by Crippen LogP contribution is 2.43. The molecule has 0 aliphatic rings. The normalized spacial score (nSPS) is 11.3. The minimum absolute atomic E-state index is 0.532. The summed E-state index contributed by atoms with van der Waals surface area (Å²) in [6.07, 6.45) is 8.28. The summed E-state index contributed by atoms with van der Waals surface area (Å²) in [4.78, 5) is 8.60. The molecular weight excluding hydrogens is 881 g/mol. The Morgan fingerprint density at radius 3 is 1.24 bits per heavy atom. The maximum absolute atomic E-state index is 10.6. The number of nitrogens with zero attached hydrogens (tertiary/aromatic N) is 4. The van der Waals surface area contributed by atoms with Gasteiger partial charge in [0.25, 0.3) is 0 Å². The van der Waals surface area contributed by atoms with Crippen molar-refractivity contribution in [3.05, 3.63) is 258 Å². The summed E-state index contributed by atoms with van der Waals surface area (Å²) in [6.45, 7) is 8.34. The van der Waals surface area contributed by atoms with E-state index in [1.807, 2.05) is 60.7 Å². The molecule has 0 aromatic heterocycles. The van der Waals surface area contributed by atoms with Crippen molar-refractivity contribution in [1.29, 1.82) is 5.26 Å². The van der Waals surface area contributed by atoms with Crippen LogP contribution in [0.5, 0.6) is 11.5 Å². The van der Waals surface area contributed by atoms with Gasteiger partial charge in [-0.15, -0.1) is 0 Å². The molecule has 0 spiro atoms. The van der Waals surface area contributed by atoms with Gasteiger partial charge >= 0.3 is 0 Å². The highest BCUT2D eigenvalue weighted by atomic mass is 16.5. The van der Waals surface area contributed by atoms with Crippen LogP contribution in [-0.2, 0) is 0 Å². The summed E-state index contributed by atoms with van der Waals surface area (Å²) in [5.41, 5.74) is 11.3. The summed E-state index contributed by atoms with van der Waals surface area (Å²) in [7, 11) is 3.36. The number of fused-ring (bicyclic) bond motifs is 4. The third kappa shape index (κ3) is 8.62. The SMILES string of the molecule is [C-]#[N+]c1c2ccc(C=Cc3ccc(N(c4ccc(OC)cc4)c4cccc5ccccc45)cc3)cc2c(C#N)c2ccc(C=Cc3ccc(N(c4ccc(OC)cc4)c4cccc5ccccc45)cc3)cc12. The van der Waals surface area contributed by atoms with Gasteiger partial charge in [0.15, 0.2) is 0 Å². The molecule has 72 heavy (non-hydrogen) atoms. The minimum Gasteiger partial charge on any atom is -0.497 e. The Kier molecular flexibility index (Phi) is 12.2. The van der Waals surface area contributed by atoms with Crippen LogP contribution in [0.4, 0.5) is 39.8 Å². The molecule has 0 saturated carbocycles. The lowest BCUT2D eigenvalue weighted by atomic mass is 9.93. The van der Waals surface area contributed by atoms with Gasteiger partial charge in [0.05, 0.1) is 37.7 Å². The van der Waals surface area contributed by atoms with Crippen LogP contribution in [0, 0.1) is 17.9 Å². The summed E-state index contributed by atoms with van der Waals surface area (Å²) in [5.74, 6) is 1.60. The Labute approximate surface area is 419 Å². The second-order valence-corrected chi connectivity index (χ2v) is 17.5. The first-order chi connectivity index (χ1) is 35.5. The van der Waals surface area contributed by atoms with Crippen LogP contribution in [0.25, 0.3) is 72.2 Å². The van der Waals surface area contributed by atoms with Gasteiger partial charge in [-0.25, -0.2) is 4.85 Å². The van der Waals surface area contributed by atoms with Crippen molar-refractivity contribution in [3.8, 4) is 17.6 Å². The molecule has 0 unspecified atom stereocenters. The van der Waals surface area contributed by atoms with Crippen LogP contribution >= 0.6 is 0 Å². The number of anilines is 6. The van der Waals surface area contributed by atoms with Crippen molar-refractivity contribution < 1.29 is 9.47 Å². The molecule has 0 N–H and O–H groups in total. The standard InChI is InChI=1S/C66H46N4O2/c1-68-66-60-41-27-47(20-18-45-22-28-51(29-23-45)69(53-32-36-55(71-2)37-33-53)64-16-8-12-49-10-4-6-14-57(49)64)42-61(60)63(44-67)59-40-26-48(43-62(59)66)21-19-46-24-30-52(31-25-46)70(54-34-38-56(72-3)39-35-54)65-17-9-13-50-11-5-7-15-58(50)65/h4-43H,2-3H3. The van der Waals surface area contributed by atoms with E-state index in [4.69, 9.17) is 16.0 Å². The maximum atomic E-state index is 10.6. The van der Waals surface area contributed by atoms with Crippen LogP contribution in [0.1, 0.15) is 27.8 Å². The zero-order valence-electron chi connectivity index (χ0n) is 39.7. The largest absolute Gasteiger partial charge is 0.497 e. The first-order valence-corrected chi connectivity index (χ1v) is 23.7. The molecule has 0 saturated heterocycles. The van der Waals surface area contributed by atoms with E-state index in [2.05, 4.69) is 203 Å². The third-order valence-electron chi connectivity index (χ3n) is 13.3. The van der Waals surface area contributed by atoms with Crippen molar-refractivity contribution in [3.63, 3.8) is 0 Å². The summed E-state index contributed by atoms with van der Waals surface area (Å²) < 4.78 is 11.0. The van der Waals surface area contributed by atoms with Gasteiger partial charge < -0.3 is 19.3 Å². The molecule has 0 bridgehead atoms. The molecule has 0 aliphatic carbocycles. The zero-order chi connectivity index (χ0) is 49.0. The lowest BCUT2D eigenvalue weighted by Crippen LogP contribution is -2.10. The second kappa shape index (κ2) is 19.6. The first kappa shape index (κ1) is 44.6. The molecule has 0 radical (unpaired) electrons. The number of nitriles is 1. The minimum atomic E-state index is 0.532. The topological polar surface area (TPSA) is 53.1 Å². The van der Waals surface area contributed by atoms with Crippen molar-refractivity contribution in [2.75, 3.05) is 24.0 Å². The third-order valence-corrected chi connectivity index (χ3v) is 13.3. The van der Waals surface area contributed by atoms with Crippen molar-refractivity contribution >= 4 is 107 Å². The molecule has 0 atom stereocenters. The molecule has 11 aromatic carbocycles. The fourth-order valence-corrected chi connectivity index (χ4v) is 9.67. The van der Waals surface area contributed by atoms with E-state index in [0.29, 0.717) is 11.3 Å². The highest BCUT2D eigenvalue weighted by molar-refractivity contribution is 6.16. The smallest absolute Gasteiger partial charge is 0.202 e. The predicted molar refractivity (Wildman–Crippen MR) is 301 cm³/mol. The number of methoxy groups -OCH3 is 2. The Hall–Kier alpha value is -9.88. The molecule has 0 heterocycles. The molecule has 6 nitrogen and oxygen atoms in total. The second-order valence-electron chi connectivity index (χ2n) is 17.5. The molecule has 11 aromatic rings. The first-order valence-electron chi connectivity index (χ1n) is 23.7. The van der Waals surface area contributed by atoms with Crippen LogP contribution in [0.2, 0.25) is 0 Å². The predicted octanol–water partition coefficient (Wildman–Crippen LogP) is 18.0. The molecule has 0 fully saturated rings. The van der Waals surface area contributed by atoms with Crippen LogP contribution < -0.4 is 19.3 Å². The van der Waals surface area contributed by atoms with Gasteiger partial charge in [-0.3, -0.25) is 0 Å². The van der Waals surface area contributed by atoms with Crippen LogP contribution in [0.15, 0.2) is 218 Å². The molecule has 11 rings (SSSR count). The van der Waals surface area contributed by atoms with E-state index in [1.54, 1.807) is 14.2 Å². The fraction of sp³-hybridized carbons (Fsp3) is 0.0303. The van der Waals surface area contributed by atoms with Crippen LogP contribution in [0.3, 0.4) is 0 Å². The van der Waals surface area contributed by atoms with Crippen molar-refractivity contribution in [2.45, 2.75) is 0 Å². The van der Waals surface area contributed by atoms with Gasteiger partial charge in [-0.2, -0.15) is 5.26 Å². The molecule has 0 aliphatic heterocycles. The average molecular weight is 927 g/mol. The molecule has 6 heteroatoms. The lowest BCUT2D eigenvalue weighted by molar-refractivity contribution is 0.414. The van der Waals surface area contributed by atoms with E-state index in [-0.39, 0.29) is 0 Å². The Balaban J connectivity index is 0.864. The summed E-state index contributed by atoms with van der Waals surface area (Å²) in [5, 5.41) is 18.3. The van der Waals surface area contributed by atoms with E-state index in [1.165, 1.54) is 10.8 Å². The van der Waals surface area contributed by atoms with Gasteiger partial charge in [0.1, 0.15) is 17.6 Å². The van der Waals surface area contributed by atoms with Crippen molar-refractivity contribution in [1.82, 2.24) is 0 Å². The molecule has 0 amide bonds. The van der Waals surface area contributed by atoms with Gasteiger partial charge in [0, 0.05) is 33.5 Å². The number of hydrogen-bond acceptors (Lipinski definition) is 5. The van der Waals surface area contributed by atoms with E-state index >= 15 is 0 Å². The monoisotopic (exact) mass is 926 g/mol. The highest BCUT2D eigenvalue weighted by Gasteiger charge is 2.18. The number of rotatable bonds is 12. The lowest BCUT2D eigenvalue weighted by Gasteiger charge is -2.27. The van der Waals surface area contributed by atoms with Crippen molar-refractivity contribution in [2.24, 2.45) is 0 Å². The molecule has 342 valence electrons. The Morgan fingerprint density at radius 2 is 0.792 bits per heavy atom. The summed E-state index contributed by atoms with van der Waals surface area (Å²) >= 11 is 0. The van der Waals surface area contributed by atoms with Crippen LogP contribution in [-0.4, -0.2) is 14.2 Å². The maximum Gasteiger partial charge on any atom is 0.202 e. The van der Waals surface area contributed by atoms with Gasteiger partial charge in [0.2, 0.25) is 5.69 Å². The van der Waals surface area contributed by atoms with E-state index in [9.17, 15) is 5.26 Å². The Bertz CT molecular complexity index is 3690. The summed E-state index contributed by atoms with van der Waals surface area (Å²) in [6, 6.07) is 77.4. The average Bonchev–Trinajstić information content (AvgIpc) is 3.44. The van der Waals surface area contributed by atoms with Gasteiger partial charge in [-0.1, -0.05) is 152 Å². The number of benzene rings is 11. The zero-order valence-corrected chi connectivity index (χ0v) is 39.7. The van der Waals surface area contributed by atoms with E-state index in [0.717, 1.165) is 100 Å².